The number of nitrogens with zero attached hydrogens (tertiary/aromatic N) is 1. The Labute approximate surface area is 171 Å². The molecule has 0 radical (unpaired) electrons. The number of carbonyl (C=O) groups excluding carboxylic acids is 2. The third-order valence-electron chi connectivity index (χ3n) is 5.28. The minimum atomic E-state index is -0.249. The van der Waals surface area contributed by atoms with E-state index in [2.05, 4.69) is 11.4 Å². The summed E-state index contributed by atoms with van der Waals surface area (Å²) >= 11 is 0. The highest BCUT2D eigenvalue weighted by molar-refractivity contribution is 5.99. The number of benzene rings is 3. The first-order valence-corrected chi connectivity index (χ1v) is 9.94. The molecule has 4 heteroatoms. The SMILES string of the molecule is Cc1cccc(C(NC(=O)c2cccc(N3CCCC3=O)c2)c2ccccc2)c1. The van der Waals surface area contributed by atoms with Gasteiger partial charge in [-0.25, -0.2) is 0 Å². The van der Waals surface area contributed by atoms with E-state index in [-0.39, 0.29) is 17.9 Å². The van der Waals surface area contributed by atoms with Crippen LogP contribution >= 0.6 is 0 Å². The van der Waals surface area contributed by atoms with E-state index in [9.17, 15) is 9.59 Å². The van der Waals surface area contributed by atoms with Crippen LogP contribution in [0.15, 0.2) is 78.9 Å². The monoisotopic (exact) mass is 384 g/mol. The molecule has 1 saturated heterocycles. The summed E-state index contributed by atoms with van der Waals surface area (Å²) < 4.78 is 0. The molecule has 0 saturated carbocycles. The Balaban J connectivity index is 1.63. The molecule has 1 unspecified atom stereocenters. The van der Waals surface area contributed by atoms with Crippen LogP contribution in [0.25, 0.3) is 0 Å². The van der Waals surface area contributed by atoms with Gasteiger partial charge in [-0.2, -0.15) is 0 Å². The van der Waals surface area contributed by atoms with Crippen molar-refractivity contribution in [2.24, 2.45) is 0 Å². The van der Waals surface area contributed by atoms with Gasteiger partial charge in [0.15, 0.2) is 0 Å². The molecule has 1 N–H and O–H groups in total. The first-order valence-electron chi connectivity index (χ1n) is 9.94. The lowest BCUT2D eigenvalue weighted by molar-refractivity contribution is -0.117. The van der Waals surface area contributed by atoms with Gasteiger partial charge in [-0.15, -0.1) is 0 Å². The summed E-state index contributed by atoms with van der Waals surface area (Å²) in [5.74, 6) is -0.0432. The van der Waals surface area contributed by atoms with E-state index in [4.69, 9.17) is 0 Å². The Hall–Kier alpha value is -3.40. The van der Waals surface area contributed by atoms with Crippen LogP contribution in [0.3, 0.4) is 0 Å². The van der Waals surface area contributed by atoms with E-state index in [1.54, 1.807) is 17.0 Å². The van der Waals surface area contributed by atoms with E-state index in [0.29, 0.717) is 18.5 Å². The molecule has 146 valence electrons. The molecule has 2 amide bonds. The van der Waals surface area contributed by atoms with E-state index < -0.39 is 0 Å². The Morgan fingerprint density at radius 1 is 0.931 bits per heavy atom. The second kappa shape index (κ2) is 8.31. The molecule has 3 aromatic rings. The number of amides is 2. The number of carbonyl (C=O) groups is 2. The fourth-order valence-corrected chi connectivity index (χ4v) is 3.80. The van der Waals surface area contributed by atoms with Crippen molar-refractivity contribution in [3.63, 3.8) is 0 Å². The largest absolute Gasteiger partial charge is 0.341 e. The first kappa shape index (κ1) is 18.9. The second-order valence-corrected chi connectivity index (χ2v) is 7.43. The molecule has 0 aromatic heterocycles. The summed E-state index contributed by atoms with van der Waals surface area (Å²) in [5.41, 5.74) is 4.54. The fraction of sp³-hybridized carbons (Fsp3) is 0.200. The minimum Gasteiger partial charge on any atom is -0.341 e. The molecular weight excluding hydrogens is 360 g/mol. The number of hydrogen-bond acceptors (Lipinski definition) is 2. The average molecular weight is 384 g/mol. The Bertz CT molecular complexity index is 1030. The molecule has 1 heterocycles. The summed E-state index contributed by atoms with van der Waals surface area (Å²) in [6.45, 7) is 2.75. The molecule has 29 heavy (non-hydrogen) atoms. The van der Waals surface area contributed by atoms with Crippen molar-refractivity contribution in [1.82, 2.24) is 5.32 Å². The third kappa shape index (κ3) is 4.21. The smallest absolute Gasteiger partial charge is 0.252 e. The van der Waals surface area contributed by atoms with E-state index >= 15 is 0 Å². The quantitative estimate of drug-likeness (QED) is 0.697. The standard InChI is InChI=1S/C25H24N2O2/c1-18-8-5-11-20(16-18)24(19-9-3-2-4-10-19)26-25(29)21-12-6-13-22(17-21)27-15-7-14-23(27)28/h2-6,8-13,16-17,24H,7,14-15H2,1H3,(H,26,29). The van der Waals surface area contributed by atoms with E-state index in [0.717, 1.165) is 28.8 Å². The van der Waals surface area contributed by atoms with Gasteiger partial charge in [-0.3, -0.25) is 9.59 Å². The summed E-state index contributed by atoms with van der Waals surface area (Å²) in [7, 11) is 0. The van der Waals surface area contributed by atoms with Gasteiger partial charge in [0.1, 0.15) is 0 Å². The van der Waals surface area contributed by atoms with Crippen molar-refractivity contribution in [2.75, 3.05) is 11.4 Å². The molecule has 4 nitrogen and oxygen atoms in total. The van der Waals surface area contributed by atoms with Crippen LogP contribution in [0.5, 0.6) is 0 Å². The van der Waals surface area contributed by atoms with Crippen molar-refractivity contribution < 1.29 is 9.59 Å². The van der Waals surface area contributed by atoms with Crippen molar-refractivity contribution in [2.45, 2.75) is 25.8 Å². The lowest BCUT2D eigenvalue weighted by Crippen LogP contribution is -2.30. The highest BCUT2D eigenvalue weighted by atomic mass is 16.2. The van der Waals surface area contributed by atoms with E-state index in [1.165, 1.54) is 0 Å². The van der Waals surface area contributed by atoms with Crippen LogP contribution in [0.1, 0.15) is 45.9 Å². The highest BCUT2D eigenvalue weighted by Gasteiger charge is 2.23. The molecule has 3 aromatic carbocycles. The maximum atomic E-state index is 13.1. The van der Waals surface area contributed by atoms with Crippen LogP contribution in [-0.4, -0.2) is 18.4 Å². The predicted octanol–water partition coefficient (Wildman–Crippen LogP) is 4.64. The molecule has 0 bridgehead atoms. The van der Waals surface area contributed by atoms with Crippen LogP contribution in [-0.2, 0) is 4.79 Å². The average Bonchev–Trinajstić information content (AvgIpc) is 3.18. The Morgan fingerprint density at radius 2 is 1.69 bits per heavy atom. The van der Waals surface area contributed by atoms with Crippen molar-refractivity contribution in [3.05, 3.63) is 101 Å². The number of anilines is 1. The molecule has 1 atom stereocenters. The summed E-state index contributed by atoms with van der Waals surface area (Å²) in [5, 5.41) is 3.18. The van der Waals surface area contributed by atoms with Crippen LogP contribution in [0.2, 0.25) is 0 Å². The minimum absolute atomic E-state index is 0.115. The molecular formula is C25H24N2O2. The predicted molar refractivity (Wildman–Crippen MR) is 115 cm³/mol. The number of aryl methyl sites for hydroxylation is 1. The van der Waals surface area contributed by atoms with Gasteiger partial charge in [-0.05, 0) is 42.7 Å². The van der Waals surface area contributed by atoms with Crippen molar-refractivity contribution >= 4 is 17.5 Å². The Kier molecular flexibility index (Phi) is 5.43. The molecule has 0 aliphatic carbocycles. The lowest BCUT2D eigenvalue weighted by atomic mass is 9.97. The van der Waals surface area contributed by atoms with E-state index in [1.807, 2.05) is 67.6 Å². The van der Waals surface area contributed by atoms with Crippen molar-refractivity contribution in [3.8, 4) is 0 Å². The summed E-state index contributed by atoms with van der Waals surface area (Å²) in [6.07, 6.45) is 1.43. The maximum Gasteiger partial charge on any atom is 0.252 e. The van der Waals surface area contributed by atoms with Gasteiger partial charge in [0.2, 0.25) is 5.91 Å². The van der Waals surface area contributed by atoms with Crippen LogP contribution in [0.4, 0.5) is 5.69 Å². The Morgan fingerprint density at radius 3 is 2.41 bits per heavy atom. The lowest BCUT2D eigenvalue weighted by Gasteiger charge is -2.21. The molecule has 1 aliphatic heterocycles. The van der Waals surface area contributed by atoms with Gasteiger partial charge < -0.3 is 10.2 Å². The van der Waals surface area contributed by atoms with Crippen molar-refractivity contribution in [1.29, 1.82) is 0 Å². The normalized spacial score (nSPS) is 14.7. The highest BCUT2D eigenvalue weighted by Crippen LogP contribution is 2.25. The number of hydrogen-bond donors (Lipinski definition) is 1. The molecule has 1 aliphatic rings. The van der Waals surface area contributed by atoms with Gasteiger partial charge in [-0.1, -0.05) is 66.2 Å². The summed E-state index contributed by atoms with van der Waals surface area (Å²) in [6, 6.07) is 25.2. The first-order chi connectivity index (χ1) is 14.1. The summed E-state index contributed by atoms with van der Waals surface area (Å²) in [4.78, 5) is 26.9. The zero-order chi connectivity index (χ0) is 20.2. The topological polar surface area (TPSA) is 49.4 Å². The second-order valence-electron chi connectivity index (χ2n) is 7.43. The molecule has 4 rings (SSSR count). The number of rotatable bonds is 5. The van der Waals surface area contributed by atoms with Gasteiger partial charge in [0.05, 0.1) is 6.04 Å². The molecule has 0 spiro atoms. The zero-order valence-electron chi connectivity index (χ0n) is 16.5. The van der Waals surface area contributed by atoms with Gasteiger partial charge in [0, 0.05) is 24.2 Å². The van der Waals surface area contributed by atoms with Gasteiger partial charge >= 0.3 is 0 Å². The molecule has 1 fully saturated rings. The van der Waals surface area contributed by atoms with Crippen LogP contribution < -0.4 is 10.2 Å². The van der Waals surface area contributed by atoms with Crippen LogP contribution in [0, 0.1) is 6.92 Å². The van der Waals surface area contributed by atoms with Gasteiger partial charge in [0.25, 0.3) is 5.91 Å². The maximum absolute atomic E-state index is 13.1. The fourth-order valence-electron chi connectivity index (χ4n) is 3.80. The zero-order valence-corrected chi connectivity index (χ0v) is 16.5. The number of nitrogens with one attached hydrogen (secondary N) is 1. The third-order valence-corrected chi connectivity index (χ3v) is 5.28.